The van der Waals surface area contributed by atoms with E-state index in [1.165, 1.54) is 10.9 Å². The van der Waals surface area contributed by atoms with Crippen LogP contribution in [-0.2, 0) is 7.05 Å². The van der Waals surface area contributed by atoms with E-state index in [0.29, 0.717) is 23.7 Å². The van der Waals surface area contributed by atoms with Gasteiger partial charge in [0.1, 0.15) is 5.69 Å². The Balaban J connectivity index is 2.60. The normalized spacial score (nSPS) is 10.5. The minimum absolute atomic E-state index is 0.0240. The molecule has 0 aliphatic rings. The first-order valence-electron chi connectivity index (χ1n) is 4.58. The van der Waals surface area contributed by atoms with Gasteiger partial charge in [-0.2, -0.15) is 5.10 Å². The predicted molar refractivity (Wildman–Crippen MR) is 55.7 cm³/mol. The average Bonchev–Trinajstić information content (AvgIpc) is 2.46. The molecule has 0 atom stereocenters. The molecule has 78 valence electrons. The molecule has 1 rings (SSSR count). The van der Waals surface area contributed by atoms with Crippen LogP contribution in [0.5, 0.6) is 0 Å². The number of hydrogen-bond donors (Lipinski definition) is 1. The van der Waals surface area contributed by atoms with E-state index in [-0.39, 0.29) is 5.78 Å². The fourth-order valence-electron chi connectivity index (χ4n) is 1.22. The summed E-state index contributed by atoms with van der Waals surface area (Å²) >= 11 is 5.83. The molecule has 1 aromatic heterocycles. The zero-order chi connectivity index (χ0) is 10.6. The van der Waals surface area contributed by atoms with Gasteiger partial charge in [0.05, 0.1) is 11.2 Å². The molecule has 1 aromatic rings. The summed E-state index contributed by atoms with van der Waals surface area (Å²) in [4.78, 5) is 11.6. The van der Waals surface area contributed by atoms with Gasteiger partial charge >= 0.3 is 0 Å². The number of carbonyl (C=O) groups is 1. The second-order valence-corrected chi connectivity index (χ2v) is 3.40. The van der Waals surface area contributed by atoms with Crippen molar-refractivity contribution in [2.24, 2.45) is 7.05 Å². The van der Waals surface area contributed by atoms with Crippen LogP contribution in [0.15, 0.2) is 6.20 Å². The van der Waals surface area contributed by atoms with Crippen molar-refractivity contribution in [2.75, 3.05) is 13.1 Å². The number of aryl methyl sites for hydroxylation is 1. The van der Waals surface area contributed by atoms with Crippen molar-refractivity contribution in [1.29, 1.82) is 0 Å². The topological polar surface area (TPSA) is 46.9 Å². The Morgan fingerprint density at radius 1 is 1.71 bits per heavy atom. The lowest BCUT2D eigenvalue weighted by molar-refractivity contribution is 0.0974. The Bertz CT molecular complexity index is 302. The number of halogens is 1. The van der Waals surface area contributed by atoms with Gasteiger partial charge in [-0.25, -0.2) is 0 Å². The van der Waals surface area contributed by atoms with Crippen LogP contribution < -0.4 is 5.32 Å². The second kappa shape index (κ2) is 5.12. The molecule has 1 heterocycles. The van der Waals surface area contributed by atoms with Gasteiger partial charge in [0.2, 0.25) is 0 Å². The zero-order valence-corrected chi connectivity index (χ0v) is 9.14. The van der Waals surface area contributed by atoms with Crippen LogP contribution in [0.25, 0.3) is 0 Å². The molecule has 0 bridgehead atoms. The minimum atomic E-state index is 0.0240. The van der Waals surface area contributed by atoms with E-state index >= 15 is 0 Å². The predicted octanol–water partition coefficient (Wildman–Crippen LogP) is 1.26. The summed E-state index contributed by atoms with van der Waals surface area (Å²) in [7, 11) is 1.71. The third kappa shape index (κ3) is 2.56. The number of nitrogens with zero attached hydrogens (tertiary/aromatic N) is 2. The Kier molecular flexibility index (Phi) is 4.10. The lowest BCUT2D eigenvalue weighted by Crippen LogP contribution is -2.19. The maximum Gasteiger partial charge on any atom is 0.183 e. The maximum absolute atomic E-state index is 11.6. The van der Waals surface area contributed by atoms with E-state index in [9.17, 15) is 4.79 Å². The summed E-state index contributed by atoms with van der Waals surface area (Å²) in [6, 6.07) is 0. The molecule has 0 aromatic carbocycles. The molecule has 0 aliphatic carbocycles. The van der Waals surface area contributed by atoms with Gasteiger partial charge in [0, 0.05) is 20.0 Å². The summed E-state index contributed by atoms with van der Waals surface area (Å²) in [5.74, 6) is 0.0240. The summed E-state index contributed by atoms with van der Waals surface area (Å²) in [6.07, 6.45) is 1.94. The van der Waals surface area contributed by atoms with Gasteiger partial charge in [-0.1, -0.05) is 18.5 Å². The summed E-state index contributed by atoms with van der Waals surface area (Å²) in [5, 5.41) is 7.42. The first kappa shape index (κ1) is 11.2. The maximum atomic E-state index is 11.6. The van der Waals surface area contributed by atoms with E-state index in [2.05, 4.69) is 10.4 Å². The van der Waals surface area contributed by atoms with E-state index in [1.54, 1.807) is 7.05 Å². The lowest BCUT2D eigenvalue weighted by atomic mass is 10.2. The van der Waals surface area contributed by atoms with Crippen LogP contribution in [-0.4, -0.2) is 28.7 Å². The molecule has 0 amide bonds. The summed E-state index contributed by atoms with van der Waals surface area (Å²) in [6.45, 7) is 3.55. The number of Topliss-reactive ketones (excluding diaryl/α,β-unsaturated/α-hetero) is 1. The van der Waals surface area contributed by atoms with Gasteiger partial charge < -0.3 is 5.32 Å². The molecule has 4 nitrogen and oxygen atoms in total. The van der Waals surface area contributed by atoms with Crippen molar-refractivity contribution in [3.63, 3.8) is 0 Å². The highest BCUT2D eigenvalue weighted by molar-refractivity contribution is 6.33. The van der Waals surface area contributed by atoms with Crippen molar-refractivity contribution in [3.05, 3.63) is 16.9 Å². The molecule has 0 saturated carbocycles. The molecule has 1 N–H and O–H groups in total. The third-order valence-electron chi connectivity index (χ3n) is 1.94. The van der Waals surface area contributed by atoms with E-state index in [4.69, 9.17) is 11.6 Å². The Hall–Kier alpha value is -0.870. The monoisotopic (exact) mass is 215 g/mol. The highest BCUT2D eigenvalue weighted by Gasteiger charge is 2.14. The number of hydrogen-bond acceptors (Lipinski definition) is 3. The van der Waals surface area contributed by atoms with E-state index in [0.717, 1.165) is 6.54 Å². The van der Waals surface area contributed by atoms with Gasteiger partial charge in [-0.3, -0.25) is 9.48 Å². The van der Waals surface area contributed by atoms with Crippen molar-refractivity contribution < 1.29 is 4.79 Å². The summed E-state index contributed by atoms with van der Waals surface area (Å²) < 4.78 is 1.51. The fraction of sp³-hybridized carbons (Fsp3) is 0.556. The summed E-state index contributed by atoms with van der Waals surface area (Å²) in [5.41, 5.74) is 0.490. The largest absolute Gasteiger partial charge is 0.317 e. The molecule has 0 saturated heterocycles. The van der Waals surface area contributed by atoms with Gasteiger partial charge in [0.25, 0.3) is 0 Å². The Morgan fingerprint density at radius 3 is 2.93 bits per heavy atom. The first-order chi connectivity index (χ1) is 6.66. The van der Waals surface area contributed by atoms with Crippen molar-refractivity contribution in [3.8, 4) is 0 Å². The number of carbonyl (C=O) groups excluding carboxylic acids is 1. The van der Waals surface area contributed by atoms with Crippen LogP contribution in [0, 0.1) is 0 Å². The number of rotatable bonds is 5. The quantitative estimate of drug-likeness (QED) is 0.594. The lowest BCUT2D eigenvalue weighted by Gasteiger charge is -2.02. The van der Waals surface area contributed by atoms with Gasteiger partial charge in [-0.15, -0.1) is 0 Å². The molecular formula is C9H14ClN3O. The Labute approximate surface area is 88.2 Å². The highest BCUT2D eigenvalue weighted by Crippen LogP contribution is 2.15. The first-order valence-corrected chi connectivity index (χ1v) is 4.96. The smallest absolute Gasteiger partial charge is 0.183 e. The molecule has 0 fully saturated rings. The highest BCUT2D eigenvalue weighted by atomic mass is 35.5. The average molecular weight is 216 g/mol. The molecular weight excluding hydrogens is 202 g/mol. The van der Waals surface area contributed by atoms with E-state index < -0.39 is 0 Å². The van der Waals surface area contributed by atoms with Crippen LogP contribution in [0.2, 0.25) is 5.02 Å². The number of ketones is 1. The molecule has 0 spiro atoms. The fourth-order valence-corrected chi connectivity index (χ4v) is 1.49. The van der Waals surface area contributed by atoms with Crippen molar-refractivity contribution >= 4 is 17.4 Å². The molecule has 0 unspecified atom stereocenters. The number of nitrogens with one attached hydrogen (secondary N) is 1. The molecule has 5 heteroatoms. The zero-order valence-electron chi connectivity index (χ0n) is 8.38. The third-order valence-corrected chi connectivity index (χ3v) is 2.21. The van der Waals surface area contributed by atoms with Crippen LogP contribution in [0.3, 0.4) is 0 Å². The van der Waals surface area contributed by atoms with Crippen molar-refractivity contribution in [1.82, 2.24) is 15.1 Å². The molecule has 0 radical (unpaired) electrons. The minimum Gasteiger partial charge on any atom is -0.317 e. The second-order valence-electron chi connectivity index (χ2n) is 2.99. The van der Waals surface area contributed by atoms with Crippen LogP contribution in [0.4, 0.5) is 0 Å². The van der Waals surface area contributed by atoms with Crippen LogP contribution in [0.1, 0.15) is 23.8 Å². The van der Waals surface area contributed by atoms with Gasteiger partial charge in [-0.05, 0) is 6.54 Å². The molecule has 0 aliphatic heterocycles. The van der Waals surface area contributed by atoms with E-state index in [1.807, 2.05) is 6.92 Å². The molecule has 14 heavy (non-hydrogen) atoms. The standard InChI is InChI=1S/C9H14ClN3O/c1-3-11-5-4-8(14)9-7(10)6-12-13(9)2/h6,11H,3-5H2,1-2H3. The Morgan fingerprint density at radius 2 is 2.43 bits per heavy atom. The van der Waals surface area contributed by atoms with Crippen molar-refractivity contribution in [2.45, 2.75) is 13.3 Å². The number of aromatic nitrogens is 2. The van der Waals surface area contributed by atoms with Gasteiger partial charge in [0.15, 0.2) is 5.78 Å². The SMILES string of the molecule is CCNCCC(=O)c1c(Cl)cnn1C. The van der Waals surface area contributed by atoms with Crippen LogP contribution >= 0.6 is 11.6 Å².